The Bertz CT molecular complexity index is 1180. The van der Waals surface area contributed by atoms with Gasteiger partial charge in [-0.1, -0.05) is 49.4 Å². The number of hydrogen-bond donors (Lipinski definition) is 1. The van der Waals surface area contributed by atoms with E-state index in [0.29, 0.717) is 17.6 Å². The number of benzene rings is 2. The first kappa shape index (κ1) is 18.9. The largest absolute Gasteiger partial charge is 0.422 e. The molecule has 0 saturated carbocycles. The molecule has 1 fully saturated rings. The van der Waals surface area contributed by atoms with Gasteiger partial charge in [0, 0.05) is 11.5 Å². The lowest BCUT2D eigenvalue weighted by Gasteiger charge is -2.25. The van der Waals surface area contributed by atoms with Crippen LogP contribution in [0.1, 0.15) is 35.6 Å². The first-order valence-corrected chi connectivity index (χ1v) is 9.60. The molecule has 0 bridgehead atoms. The van der Waals surface area contributed by atoms with Gasteiger partial charge in [-0.05, 0) is 42.5 Å². The van der Waals surface area contributed by atoms with Crippen LogP contribution in [0, 0.1) is 13.8 Å². The van der Waals surface area contributed by atoms with Crippen LogP contribution in [-0.2, 0) is 16.9 Å². The van der Waals surface area contributed by atoms with E-state index in [1.807, 2.05) is 63.2 Å². The number of carbonyl (C=O) groups excluding carboxylic acids is 2. The zero-order valence-electron chi connectivity index (χ0n) is 16.6. The molecule has 2 heterocycles. The van der Waals surface area contributed by atoms with Crippen LogP contribution in [0.4, 0.5) is 4.79 Å². The molecule has 1 aliphatic rings. The molecule has 4 rings (SSSR count). The van der Waals surface area contributed by atoms with Crippen molar-refractivity contribution in [2.24, 2.45) is 0 Å². The maximum absolute atomic E-state index is 13.4. The average Bonchev–Trinajstić information content (AvgIpc) is 2.97. The van der Waals surface area contributed by atoms with E-state index in [2.05, 4.69) is 5.32 Å². The SMILES string of the molecule is CC[C@@]1(c2ccccc2)NC(=O)N(Cc2cc(=O)oc3c(C)c(C)ccc23)C1=O. The Balaban J connectivity index is 1.78. The van der Waals surface area contributed by atoms with Crippen molar-refractivity contribution in [3.8, 4) is 0 Å². The minimum Gasteiger partial charge on any atom is -0.422 e. The van der Waals surface area contributed by atoms with E-state index in [0.717, 1.165) is 22.1 Å². The molecule has 1 N–H and O–H groups in total. The van der Waals surface area contributed by atoms with Gasteiger partial charge >= 0.3 is 11.7 Å². The Morgan fingerprint density at radius 2 is 1.76 bits per heavy atom. The van der Waals surface area contributed by atoms with E-state index in [4.69, 9.17) is 4.42 Å². The summed E-state index contributed by atoms with van der Waals surface area (Å²) in [6.45, 7) is 5.70. The highest BCUT2D eigenvalue weighted by molar-refractivity contribution is 6.07. The predicted molar refractivity (Wildman–Crippen MR) is 109 cm³/mol. The molecule has 2 aromatic carbocycles. The molecule has 0 spiro atoms. The number of fused-ring (bicyclic) bond motifs is 1. The van der Waals surface area contributed by atoms with Gasteiger partial charge in [-0.2, -0.15) is 0 Å². The normalized spacial score (nSPS) is 19.1. The Morgan fingerprint density at radius 3 is 2.45 bits per heavy atom. The fourth-order valence-electron chi connectivity index (χ4n) is 3.96. The highest BCUT2D eigenvalue weighted by Gasteiger charge is 2.51. The van der Waals surface area contributed by atoms with Crippen LogP contribution < -0.4 is 10.9 Å². The van der Waals surface area contributed by atoms with Gasteiger partial charge < -0.3 is 9.73 Å². The first-order valence-electron chi connectivity index (χ1n) is 9.60. The maximum Gasteiger partial charge on any atom is 0.336 e. The van der Waals surface area contributed by atoms with Gasteiger partial charge in [0.1, 0.15) is 11.1 Å². The monoisotopic (exact) mass is 390 g/mol. The lowest BCUT2D eigenvalue weighted by Crippen LogP contribution is -2.43. The predicted octanol–water partition coefficient (Wildman–Crippen LogP) is 3.77. The number of aryl methyl sites for hydroxylation is 2. The van der Waals surface area contributed by atoms with Crippen molar-refractivity contribution in [2.45, 2.75) is 39.3 Å². The Kier molecular flexibility index (Phi) is 4.49. The molecule has 0 aliphatic carbocycles. The van der Waals surface area contributed by atoms with Crippen molar-refractivity contribution in [1.29, 1.82) is 0 Å². The third-order valence-electron chi connectivity index (χ3n) is 5.82. The molecular weight excluding hydrogens is 368 g/mol. The number of nitrogens with one attached hydrogen (secondary N) is 1. The highest BCUT2D eigenvalue weighted by atomic mass is 16.4. The molecule has 1 aromatic heterocycles. The molecular formula is C23H22N2O4. The van der Waals surface area contributed by atoms with Gasteiger partial charge in [0.05, 0.1) is 6.54 Å². The maximum atomic E-state index is 13.4. The molecule has 1 aliphatic heterocycles. The molecule has 0 unspecified atom stereocenters. The van der Waals surface area contributed by atoms with Crippen molar-refractivity contribution in [1.82, 2.24) is 10.2 Å². The van der Waals surface area contributed by atoms with Gasteiger partial charge in [0.25, 0.3) is 5.91 Å². The average molecular weight is 390 g/mol. The van der Waals surface area contributed by atoms with Crippen LogP contribution in [-0.4, -0.2) is 16.8 Å². The van der Waals surface area contributed by atoms with E-state index < -0.39 is 17.2 Å². The van der Waals surface area contributed by atoms with Crippen molar-refractivity contribution < 1.29 is 14.0 Å². The Morgan fingerprint density at radius 1 is 1.03 bits per heavy atom. The standard InChI is InChI=1S/C23H22N2O4/c1-4-23(17-8-6-5-7-9-17)21(27)25(22(28)24-23)13-16-12-19(26)29-20-15(3)14(2)10-11-18(16)20/h5-12H,4,13H2,1-3H3,(H,24,28)/t23-/m0/s1. The van der Waals surface area contributed by atoms with Crippen LogP contribution in [0.25, 0.3) is 11.0 Å². The fourth-order valence-corrected chi connectivity index (χ4v) is 3.96. The molecule has 1 saturated heterocycles. The second kappa shape index (κ2) is 6.88. The molecule has 148 valence electrons. The lowest BCUT2D eigenvalue weighted by atomic mass is 9.87. The number of urea groups is 1. The summed E-state index contributed by atoms with van der Waals surface area (Å²) in [7, 11) is 0. The second-order valence-electron chi connectivity index (χ2n) is 7.42. The molecule has 3 amide bonds. The minimum atomic E-state index is -1.10. The zero-order valence-corrected chi connectivity index (χ0v) is 16.6. The number of nitrogens with zero attached hydrogens (tertiary/aromatic N) is 1. The van der Waals surface area contributed by atoms with E-state index in [1.54, 1.807) is 0 Å². The molecule has 1 atom stereocenters. The van der Waals surface area contributed by atoms with E-state index in [-0.39, 0.29) is 12.5 Å². The van der Waals surface area contributed by atoms with Crippen LogP contribution >= 0.6 is 0 Å². The summed E-state index contributed by atoms with van der Waals surface area (Å²) in [6.07, 6.45) is 0.425. The number of imide groups is 1. The van der Waals surface area contributed by atoms with Gasteiger partial charge in [-0.25, -0.2) is 9.59 Å². The summed E-state index contributed by atoms with van der Waals surface area (Å²) in [4.78, 5) is 39.4. The first-order chi connectivity index (χ1) is 13.9. The van der Waals surface area contributed by atoms with E-state index in [9.17, 15) is 14.4 Å². The Labute approximate surface area is 168 Å². The van der Waals surface area contributed by atoms with Crippen LogP contribution in [0.3, 0.4) is 0 Å². The quantitative estimate of drug-likeness (QED) is 0.543. The van der Waals surface area contributed by atoms with Crippen LogP contribution in [0.5, 0.6) is 0 Å². The molecule has 6 heteroatoms. The number of carbonyl (C=O) groups is 2. The highest BCUT2D eigenvalue weighted by Crippen LogP contribution is 2.34. The third kappa shape index (κ3) is 2.92. The van der Waals surface area contributed by atoms with E-state index in [1.165, 1.54) is 11.0 Å². The molecule has 3 aromatic rings. The smallest absolute Gasteiger partial charge is 0.336 e. The number of amides is 3. The van der Waals surface area contributed by atoms with E-state index >= 15 is 0 Å². The second-order valence-corrected chi connectivity index (χ2v) is 7.42. The van der Waals surface area contributed by atoms with Gasteiger partial charge in [-0.3, -0.25) is 9.69 Å². The number of hydrogen-bond acceptors (Lipinski definition) is 4. The topological polar surface area (TPSA) is 79.6 Å². The molecule has 29 heavy (non-hydrogen) atoms. The molecule has 0 radical (unpaired) electrons. The van der Waals surface area contributed by atoms with Crippen molar-refractivity contribution >= 4 is 22.9 Å². The summed E-state index contributed by atoms with van der Waals surface area (Å²) in [5.74, 6) is -0.318. The summed E-state index contributed by atoms with van der Waals surface area (Å²) in [5.41, 5.74) is 2.09. The van der Waals surface area contributed by atoms with Crippen LogP contribution in [0.2, 0.25) is 0 Å². The third-order valence-corrected chi connectivity index (χ3v) is 5.82. The van der Waals surface area contributed by atoms with Gasteiger partial charge in [-0.15, -0.1) is 0 Å². The summed E-state index contributed by atoms with van der Waals surface area (Å²) in [5, 5.41) is 3.60. The zero-order chi connectivity index (χ0) is 20.8. The minimum absolute atomic E-state index is 0.00382. The van der Waals surface area contributed by atoms with Crippen molar-refractivity contribution in [3.63, 3.8) is 0 Å². The lowest BCUT2D eigenvalue weighted by molar-refractivity contribution is -0.132. The number of rotatable bonds is 4. The summed E-state index contributed by atoms with van der Waals surface area (Å²) < 4.78 is 5.40. The summed E-state index contributed by atoms with van der Waals surface area (Å²) in [6, 6.07) is 13.9. The van der Waals surface area contributed by atoms with Crippen LogP contribution in [0.15, 0.2) is 57.7 Å². The van der Waals surface area contributed by atoms with Gasteiger partial charge in [0.2, 0.25) is 0 Å². The van der Waals surface area contributed by atoms with Crippen molar-refractivity contribution in [3.05, 3.63) is 81.2 Å². The fraction of sp³-hybridized carbons (Fsp3) is 0.261. The summed E-state index contributed by atoms with van der Waals surface area (Å²) >= 11 is 0. The van der Waals surface area contributed by atoms with Gasteiger partial charge in [0.15, 0.2) is 0 Å². The van der Waals surface area contributed by atoms with Crippen molar-refractivity contribution in [2.75, 3.05) is 0 Å². The molecule has 6 nitrogen and oxygen atoms in total. The Hall–Kier alpha value is -3.41.